The van der Waals surface area contributed by atoms with E-state index in [0.29, 0.717) is 32.1 Å². The molecule has 0 aliphatic heterocycles. The van der Waals surface area contributed by atoms with E-state index in [1.54, 1.807) is 4.90 Å². The molecule has 42 heavy (non-hydrogen) atoms. The van der Waals surface area contributed by atoms with Gasteiger partial charge in [0.1, 0.15) is 0 Å². The molecule has 0 aliphatic carbocycles. The van der Waals surface area contributed by atoms with Crippen molar-refractivity contribution in [2.45, 2.75) is 142 Å². The number of nitrogens with zero attached hydrogens (tertiary/aromatic N) is 2. The van der Waals surface area contributed by atoms with Crippen molar-refractivity contribution in [2.24, 2.45) is 27.6 Å². The second-order valence-corrected chi connectivity index (χ2v) is 15.1. The molecular formula is C35H74N2O5. The monoisotopic (exact) mass is 603 g/mol. The van der Waals surface area contributed by atoms with Crippen LogP contribution in [-0.2, 0) is 19.1 Å². The molecule has 0 radical (unpaired) electrons. The van der Waals surface area contributed by atoms with E-state index >= 15 is 0 Å². The summed E-state index contributed by atoms with van der Waals surface area (Å²) >= 11 is 0. The molecule has 254 valence electrons. The highest BCUT2D eigenvalue weighted by Crippen LogP contribution is 2.44. The molecule has 0 aromatic carbocycles. The second kappa shape index (κ2) is 19.3. The number of aliphatic hydroxyl groups excluding tert-OH is 1. The fourth-order valence-corrected chi connectivity index (χ4v) is 4.64. The van der Waals surface area contributed by atoms with Gasteiger partial charge in [-0.15, -0.1) is 0 Å². The molecule has 0 aliphatic rings. The van der Waals surface area contributed by atoms with Gasteiger partial charge in [0, 0.05) is 52.7 Å². The molecule has 0 fully saturated rings. The van der Waals surface area contributed by atoms with Crippen molar-refractivity contribution in [3.05, 3.63) is 0 Å². The summed E-state index contributed by atoms with van der Waals surface area (Å²) in [5, 5.41) is 7.00. The van der Waals surface area contributed by atoms with Crippen LogP contribution in [0.1, 0.15) is 130 Å². The molecule has 0 spiro atoms. The number of carbonyl (C=O) groups excluding carboxylic acids is 2. The first kappa shape index (κ1) is 45.3. The minimum Gasteiger partial charge on any atom is -0.400 e. The summed E-state index contributed by atoms with van der Waals surface area (Å²) in [6.45, 7) is 36.4. The average Bonchev–Trinajstić information content (AvgIpc) is 2.87. The van der Waals surface area contributed by atoms with Gasteiger partial charge in [0.2, 0.25) is 11.8 Å². The lowest BCUT2D eigenvalue weighted by molar-refractivity contribution is -0.148. The van der Waals surface area contributed by atoms with Crippen LogP contribution in [-0.4, -0.2) is 85.9 Å². The first-order valence-corrected chi connectivity index (χ1v) is 16.1. The Bertz CT molecular complexity index is 756. The number of hydrogen-bond donors (Lipinski definition) is 1. The third kappa shape index (κ3) is 15.0. The van der Waals surface area contributed by atoms with Gasteiger partial charge in [-0.3, -0.25) is 9.59 Å². The van der Waals surface area contributed by atoms with Crippen molar-refractivity contribution in [1.29, 1.82) is 0 Å². The minimum absolute atomic E-state index is 0.0302. The standard InChI is InChI=1S/C32H64N2O4.C2H6.CH4O/c1-17-33(15)27(36)32(13,14)28(5,6)18-19-38-31(11,12)23-37-25(4)21-29(7,8)30(9,10)22-34(16)26(35)20-24(2)3;2*1-2/h24-25H,17-23H2,1-16H3;1-2H3;2H,1H3. The SMILES string of the molecule is CC.CCN(C)C(=O)C(C)(C)C(C)(C)CCOC(C)(C)COC(C)CC(C)(C)C(C)(C)CN(C)C(=O)CC(C)C.CO. The van der Waals surface area contributed by atoms with E-state index in [2.05, 4.69) is 76.2 Å². The third-order valence-corrected chi connectivity index (χ3v) is 9.25. The van der Waals surface area contributed by atoms with Crippen LogP contribution < -0.4 is 0 Å². The summed E-state index contributed by atoms with van der Waals surface area (Å²) in [6, 6.07) is 0. The molecule has 0 heterocycles. The molecular weight excluding hydrogens is 528 g/mol. The number of carbonyl (C=O) groups is 2. The predicted molar refractivity (Wildman–Crippen MR) is 180 cm³/mol. The summed E-state index contributed by atoms with van der Waals surface area (Å²) in [7, 11) is 4.79. The van der Waals surface area contributed by atoms with E-state index in [0.717, 1.165) is 26.5 Å². The fraction of sp³-hybridized carbons (Fsp3) is 0.943. The summed E-state index contributed by atoms with van der Waals surface area (Å²) in [4.78, 5) is 29.2. The van der Waals surface area contributed by atoms with Gasteiger partial charge >= 0.3 is 0 Å². The molecule has 0 aromatic heterocycles. The molecule has 7 nitrogen and oxygen atoms in total. The maximum atomic E-state index is 12.9. The number of hydrogen-bond acceptors (Lipinski definition) is 5. The predicted octanol–water partition coefficient (Wildman–Crippen LogP) is 7.69. The van der Waals surface area contributed by atoms with Gasteiger partial charge in [0.15, 0.2) is 0 Å². The van der Waals surface area contributed by atoms with Gasteiger partial charge in [-0.1, -0.05) is 83.1 Å². The van der Waals surface area contributed by atoms with Crippen molar-refractivity contribution in [3.63, 3.8) is 0 Å². The number of rotatable bonds is 17. The van der Waals surface area contributed by atoms with Crippen molar-refractivity contribution in [1.82, 2.24) is 9.80 Å². The molecule has 1 N–H and O–H groups in total. The van der Waals surface area contributed by atoms with Crippen LogP contribution in [0.25, 0.3) is 0 Å². The molecule has 0 aromatic rings. The zero-order chi connectivity index (χ0) is 34.3. The molecule has 0 rings (SSSR count). The fourth-order valence-electron chi connectivity index (χ4n) is 4.64. The highest BCUT2D eigenvalue weighted by atomic mass is 16.5. The molecule has 7 heteroatoms. The number of aliphatic hydroxyl groups is 1. The topological polar surface area (TPSA) is 79.3 Å². The van der Waals surface area contributed by atoms with Crippen molar-refractivity contribution in [2.75, 3.05) is 47.5 Å². The lowest BCUT2D eigenvalue weighted by Gasteiger charge is -2.45. The van der Waals surface area contributed by atoms with Crippen LogP contribution in [0.4, 0.5) is 0 Å². The summed E-state index contributed by atoms with van der Waals surface area (Å²) in [5.41, 5.74) is -1.22. The highest BCUT2D eigenvalue weighted by molar-refractivity contribution is 5.82. The first-order valence-electron chi connectivity index (χ1n) is 16.1. The summed E-state index contributed by atoms with van der Waals surface area (Å²) in [6.07, 6.45) is 2.31. The van der Waals surface area contributed by atoms with Gasteiger partial charge in [0.25, 0.3) is 0 Å². The number of ether oxygens (including phenoxy) is 2. The smallest absolute Gasteiger partial charge is 0.228 e. The van der Waals surface area contributed by atoms with Crippen LogP contribution in [0.15, 0.2) is 0 Å². The molecule has 2 amide bonds. The lowest BCUT2D eigenvalue weighted by Crippen LogP contribution is -2.47. The maximum absolute atomic E-state index is 12.9. The van der Waals surface area contributed by atoms with Crippen LogP contribution in [0.2, 0.25) is 0 Å². The third-order valence-electron chi connectivity index (χ3n) is 9.25. The minimum atomic E-state index is -0.484. The van der Waals surface area contributed by atoms with Gasteiger partial charge in [-0.25, -0.2) is 0 Å². The van der Waals surface area contributed by atoms with E-state index < -0.39 is 11.0 Å². The van der Waals surface area contributed by atoms with E-state index in [1.165, 1.54) is 0 Å². The number of amides is 2. The Morgan fingerprint density at radius 2 is 1.26 bits per heavy atom. The quantitative estimate of drug-likeness (QED) is 0.185. The zero-order valence-corrected chi connectivity index (χ0v) is 31.6. The Kier molecular flexibility index (Phi) is 20.7. The summed E-state index contributed by atoms with van der Waals surface area (Å²) < 4.78 is 12.6. The van der Waals surface area contributed by atoms with Gasteiger partial charge in [0.05, 0.1) is 18.3 Å². The normalized spacial score (nSPS) is 13.5. The molecule has 0 bridgehead atoms. The van der Waals surface area contributed by atoms with E-state index in [4.69, 9.17) is 14.6 Å². The first-order chi connectivity index (χ1) is 18.9. The van der Waals surface area contributed by atoms with Crippen LogP contribution in [0, 0.1) is 27.6 Å². The van der Waals surface area contributed by atoms with E-state index in [1.807, 2.05) is 53.6 Å². The summed E-state index contributed by atoms with van der Waals surface area (Å²) in [5.74, 6) is 0.741. The Balaban J connectivity index is -0.00000363. The van der Waals surface area contributed by atoms with Crippen molar-refractivity contribution in [3.8, 4) is 0 Å². The molecule has 1 unspecified atom stereocenters. The van der Waals surface area contributed by atoms with Gasteiger partial charge in [-0.2, -0.15) is 0 Å². The Hall–Kier alpha value is -1.18. The average molecular weight is 603 g/mol. The zero-order valence-electron chi connectivity index (χ0n) is 31.6. The van der Waals surface area contributed by atoms with E-state index in [-0.39, 0.29) is 34.2 Å². The van der Waals surface area contributed by atoms with Crippen molar-refractivity contribution >= 4 is 11.8 Å². The Morgan fingerprint density at radius 1 is 0.786 bits per heavy atom. The largest absolute Gasteiger partial charge is 0.400 e. The maximum Gasteiger partial charge on any atom is 0.228 e. The highest BCUT2D eigenvalue weighted by Gasteiger charge is 2.44. The van der Waals surface area contributed by atoms with Crippen molar-refractivity contribution < 1.29 is 24.2 Å². The van der Waals surface area contributed by atoms with Gasteiger partial charge in [-0.05, 0) is 62.7 Å². The van der Waals surface area contributed by atoms with Crippen LogP contribution in [0.3, 0.4) is 0 Å². The van der Waals surface area contributed by atoms with E-state index in [9.17, 15) is 9.59 Å². The second-order valence-electron chi connectivity index (χ2n) is 15.1. The van der Waals surface area contributed by atoms with Crippen LogP contribution in [0.5, 0.6) is 0 Å². The van der Waals surface area contributed by atoms with Gasteiger partial charge < -0.3 is 24.4 Å². The lowest BCUT2D eigenvalue weighted by atomic mass is 9.65. The molecule has 1 atom stereocenters. The molecule has 0 saturated heterocycles. The Morgan fingerprint density at radius 3 is 1.69 bits per heavy atom. The van der Waals surface area contributed by atoms with Crippen LogP contribution >= 0.6 is 0 Å². The Labute approximate surface area is 262 Å². The molecule has 0 saturated carbocycles.